The quantitative estimate of drug-likeness (QED) is 0.864. The van der Waals surface area contributed by atoms with Crippen molar-refractivity contribution in [1.29, 1.82) is 5.26 Å². The molecule has 0 bridgehead atoms. The van der Waals surface area contributed by atoms with Gasteiger partial charge in [-0.15, -0.1) is 0 Å². The third-order valence-electron chi connectivity index (χ3n) is 4.37. The third-order valence-corrected chi connectivity index (χ3v) is 5.11. The predicted octanol–water partition coefficient (Wildman–Crippen LogP) is 2.41. The van der Waals surface area contributed by atoms with Crippen molar-refractivity contribution in [2.75, 3.05) is 26.2 Å². The van der Waals surface area contributed by atoms with E-state index in [4.69, 9.17) is 0 Å². The van der Waals surface area contributed by atoms with E-state index in [0.29, 0.717) is 0 Å². The highest BCUT2D eigenvalue weighted by atomic mass is 79.9. The molecule has 0 spiro atoms. The van der Waals surface area contributed by atoms with Crippen LogP contribution in [0.1, 0.15) is 24.0 Å². The fourth-order valence-electron chi connectivity index (χ4n) is 3.38. The fraction of sp³-hybridized carbons (Fsp3) is 0.533. The first-order chi connectivity index (χ1) is 9.28. The van der Waals surface area contributed by atoms with Crippen molar-refractivity contribution < 1.29 is 0 Å². The van der Waals surface area contributed by atoms with Crippen LogP contribution >= 0.6 is 15.9 Å². The number of hydrogen-bond acceptors (Lipinski definition) is 3. The topological polar surface area (TPSA) is 39.1 Å². The van der Waals surface area contributed by atoms with Gasteiger partial charge in [-0.05, 0) is 43.0 Å². The van der Waals surface area contributed by atoms with Gasteiger partial charge >= 0.3 is 0 Å². The first-order valence-electron chi connectivity index (χ1n) is 6.93. The Hall–Kier alpha value is -0.890. The van der Waals surface area contributed by atoms with Gasteiger partial charge in [-0.1, -0.05) is 28.1 Å². The Morgan fingerprint density at radius 1 is 1.32 bits per heavy atom. The Bertz CT molecular complexity index is 515. The third kappa shape index (κ3) is 2.10. The number of halogens is 1. The summed E-state index contributed by atoms with van der Waals surface area (Å²) in [6.07, 6.45) is 3.03. The SMILES string of the molecule is N#CC1(N2CCCNCC2)CCc2c(Br)cccc21. The Morgan fingerprint density at radius 2 is 2.21 bits per heavy atom. The molecule has 0 amide bonds. The molecule has 1 atom stereocenters. The lowest BCUT2D eigenvalue weighted by atomic mass is 9.91. The predicted molar refractivity (Wildman–Crippen MR) is 78.8 cm³/mol. The summed E-state index contributed by atoms with van der Waals surface area (Å²) in [6.45, 7) is 4.00. The zero-order chi connectivity index (χ0) is 13.3. The molecular formula is C15H18BrN3. The molecule has 1 aromatic rings. The van der Waals surface area contributed by atoms with Crippen molar-refractivity contribution in [3.8, 4) is 6.07 Å². The van der Waals surface area contributed by atoms with E-state index in [2.05, 4.69) is 50.4 Å². The molecule has 2 aliphatic rings. The lowest BCUT2D eigenvalue weighted by molar-refractivity contribution is 0.146. The minimum absolute atomic E-state index is 0.412. The van der Waals surface area contributed by atoms with Gasteiger partial charge in [-0.2, -0.15) is 5.26 Å². The van der Waals surface area contributed by atoms with Crippen LogP contribution in [0.4, 0.5) is 0 Å². The molecule has 3 nitrogen and oxygen atoms in total. The lowest BCUT2D eigenvalue weighted by Gasteiger charge is -2.35. The van der Waals surface area contributed by atoms with Gasteiger partial charge in [0.15, 0.2) is 0 Å². The van der Waals surface area contributed by atoms with Gasteiger partial charge in [0, 0.05) is 24.1 Å². The van der Waals surface area contributed by atoms with Crippen LogP contribution in [0.2, 0.25) is 0 Å². The minimum atomic E-state index is -0.412. The van der Waals surface area contributed by atoms with Crippen LogP contribution < -0.4 is 5.32 Å². The van der Waals surface area contributed by atoms with Gasteiger partial charge in [0.05, 0.1) is 6.07 Å². The van der Waals surface area contributed by atoms with E-state index in [1.54, 1.807) is 0 Å². The van der Waals surface area contributed by atoms with Gasteiger partial charge in [0.1, 0.15) is 5.54 Å². The van der Waals surface area contributed by atoms with E-state index >= 15 is 0 Å². The number of hydrogen-bond donors (Lipinski definition) is 1. The van der Waals surface area contributed by atoms with Crippen LogP contribution in [-0.2, 0) is 12.0 Å². The summed E-state index contributed by atoms with van der Waals surface area (Å²) < 4.78 is 1.15. The molecule has 0 radical (unpaired) electrons. The number of fused-ring (bicyclic) bond motifs is 1. The van der Waals surface area contributed by atoms with Crippen LogP contribution in [0.5, 0.6) is 0 Å². The molecule has 0 aromatic heterocycles. The summed E-state index contributed by atoms with van der Waals surface area (Å²) in [5, 5.41) is 13.3. The van der Waals surface area contributed by atoms with Crippen LogP contribution in [0.25, 0.3) is 0 Å². The van der Waals surface area contributed by atoms with Gasteiger partial charge in [0.2, 0.25) is 0 Å². The molecule has 1 N–H and O–H groups in total. The van der Waals surface area contributed by atoms with Gasteiger partial charge < -0.3 is 5.32 Å². The average molecular weight is 320 g/mol. The largest absolute Gasteiger partial charge is 0.315 e. The van der Waals surface area contributed by atoms with Crippen molar-refractivity contribution >= 4 is 15.9 Å². The Kier molecular flexibility index (Phi) is 3.62. The van der Waals surface area contributed by atoms with E-state index in [0.717, 1.165) is 49.9 Å². The molecule has 1 heterocycles. The molecule has 1 unspecified atom stereocenters. The maximum Gasteiger partial charge on any atom is 0.135 e. The van der Waals surface area contributed by atoms with Crippen molar-refractivity contribution in [3.05, 3.63) is 33.8 Å². The Morgan fingerprint density at radius 3 is 3.05 bits per heavy atom. The number of benzene rings is 1. The summed E-state index contributed by atoms with van der Waals surface area (Å²) in [7, 11) is 0. The van der Waals surface area contributed by atoms with E-state index in [1.165, 1.54) is 11.1 Å². The summed E-state index contributed by atoms with van der Waals surface area (Å²) >= 11 is 3.63. The Labute approximate surface area is 122 Å². The van der Waals surface area contributed by atoms with Crippen LogP contribution in [0.3, 0.4) is 0 Å². The highest BCUT2D eigenvalue weighted by Crippen LogP contribution is 2.43. The van der Waals surface area contributed by atoms with Crippen LogP contribution in [-0.4, -0.2) is 31.1 Å². The van der Waals surface area contributed by atoms with E-state index in [-0.39, 0.29) is 0 Å². The summed E-state index contributed by atoms with van der Waals surface area (Å²) in [5.41, 5.74) is 2.12. The number of nitriles is 1. The summed E-state index contributed by atoms with van der Waals surface area (Å²) in [5.74, 6) is 0. The summed E-state index contributed by atoms with van der Waals surface area (Å²) in [6, 6.07) is 8.90. The van der Waals surface area contributed by atoms with Crippen LogP contribution in [0.15, 0.2) is 22.7 Å². The van der Waals surface area contributed by atoms with E-state index < -0.39 is 5.54 Å². The smallest absolute Gasteiger partial charge is 0.135 e. The molecular weight excluding hydrogens is 302 g/mol. The lowest BCUT2D eigenvalue weighted by Crippen LogP contribution is -2.45. The minimum Gasteiger partial charge on any atom is -0.315 e. The molecule has 1 saturated heterocycles. The molecule has 4 heteroatoms. The molecule has 3 rings (SSSR count). The zero-order valence-corrected chi connectivity index (χ0v) is 12.5. The second-order valence-corrected chi connectivity index (χ2v) is 6.18. The number of nitrogens with zero attached hydrogens (tertiary/aromatic N) is 2. The molecule has 1 aromatic carbocycles. The fourth-order valence-corrected chi connectivity index (χ4v) is 3.95. The molecule has 19 heavy (non-hydrogen) atoms. The maximum atomic E-state index is 9.87. The van der Waals surface area contributed by atoms with Gasteiger partial charge in [-0.3, -0.25) is 4.90 Å². The van der Waals surface area contributed by atoms with Crippen molar-refractivity contribution in [2.24, 2.45) is 0 Å². The maximum absolute atomic E-state index is 9.87. The van der Waals surface area contributed by atoms with Crippen molar-refractivity contribution in [2.45, 2.75) is 24.8 Å². The molecule has 0 saturated carbocycles. The van der Waals surface area contributed by atoms with Crippen molar-refractivity contribution in [3.63, 3.8) is 0 Å². The standard InChI is InChI=1S/C15H18BrN3/c16-14-4-1-3-13-12(14)5-6-15(13,11-17)19-9-2-7-18-8-10-19/h1,3-4,18H,2,5-10H2. The first kappa shape index (κ1) is 13.1. The highest BCUT2D eigenvalue weighted by Gasteiger charge is 2.44. The normalized spacial score (nSPS) is 27.6. The number of nitrogens with one attached hydrogen (secondary N) is 1. The monoisotopic (exact) mass is 319 g/mol. The Balaban J connectivity index is 2.02. The number of rotatable bonds is 1. The van der Waals surface area contributed by atoms with Crippen LogP contribution in [0, 0.1) is 11.3 Å². The van der Waals surface area contributed by atoms with Gasteiger partial charge in [-0.25, -0.2) is 0 Å². The second kappa shape index (κ2) is 5.24. The molecule has 100 valence electrons. The molecule has 1 aliphatic carbocycles. The van der Waals surface area contributed by atoms with Gasteiger partial charge in [0.25, 0.3) is 0 Å². The van der Waals surface area contributed by atoms with Crippen molar-refractivity contribution in [1.82, 2.24) is 10.2 Å². The average Bonchev–Trinajstić information content (AvgIpc) is 2.62. The molecule has 1 fully saturated rings. The molecule has 1 aliphatic heterocycles. The van der Waals surface area contributed by atoms with E-state index in [9.17, 15) is 5.26 Å². The summed E-state index contributed by atoms with van der Waals surface area (Å²) in [4.78, 5) is 2.38. The first-order valence-corrected chi connectivity index (χ1v) is 7.72. The zero-order valence-electron chi connectivity index (χ0n) is 11.0. The highest BCUT2D eigenvalue weighted by molar-refractivity contribution is 9.10. The second-order valence-electron chi connectivity index (χ2n) is 5.33. The van der Waals surface area contributed by atoms with E-state index in [1.807, 2.05) is 0 Å².